The zero-order chi connectivity index (χ0) is 24.6. The molecule has 2 fully saturated rings. The summed E-state index contributed by atoms with van der Waals surface area (Å²) >= 11 is 0. The van der Waals surface area contributed by atoms with Crippen LogP contribution in [0.25, 0.3) is 22.0 Å². The van der Waals surface area contributed by atoms with Gasteiger partial charge in [-0.15, -0.1) is 41.2 Å². The molecule has 1 heterocycles. The molecular weight excluding hydrogens is 650 g/mol. The van der Waals surface area contributed by atoms with Crippen molar-refractivity contribution in [3.63, 3.8) is 0 Å². The van der Waals surface area contributed by atoms with Crippen LogP contribution in [0.3, 0.4) is 0 Å². The Labute approximate surface area is 236 Å². The van der Waals surface area contributed by atoms with E-state index in [1.807, 2.05) is 66.9 Å². The van der Waals surface area contributed by atoms with Crippen LogP contribution in [-0.2, 0) is 24.7 Å². The summed E-state index contributed by atoms with van der Waals surface area (Å²) in [5, 5.41) is 3.44. The molecule has 195 valence electrons. The fourth-order valence-electron chi connectivity index (χ4n) is 6.10. The van der Waals surface area contributed by atoms with Crippen molar-refractivity contribution in [1.29, 1.82) is 0 Å². The summed E-state index contributed by atoms with van der Waals surface area (Å²) in [7, 11) is -2.28. The van der Waals surface area contributed by atoms with Gasteiger partial charge in [0.2, 0.25) is 0 Å². The van der Waals surface area contributed by atoms with Crippen molar-refractivity contribution in [2.75, 3.05) is 0 Å². The maximum absolute atomic E-state index is 14.1. The molecule has 1 aromatic heterocycles. The molecule has 0 spiro atoms. The number of benzene rings is 3. The van der Waals surface area contributed by atoms with Crippen LogP contribution in [0.2, 0.25) is 0 Å². The van der Waals surface area contributed by atoms with Gasteiger partial charge < -0.3 is 9.55 Å². The third kappa shape index (κ3) is 6.51. The van der Waals surface area contributed by atoms with E-state index in [1.165, 1.54) is 75.0 Å². The Morgan fingerprint density at radius 3 is 1.86 bits per heavy atom. The van der Waals surface area contributed by atoms with Gasteiger partial charge in [-0.05, 0) is 48.2 Å². The van der Waals surface area contributed by atoms with Crippen LogP contribution < -0.4 is 5.30 Å². The van der Waals surface area contributed by atoms with Gasteiger partial charge in [0.05, 0.1) is 7.14 Å². The van der Waals surface area contributed by atoms with Crippen LogP contribution in [0.4, 0.5) is 0 Å². The second-order valence-electron chi connectivity index (χ2n) is 10.2. The van der Waals surface area contributed by atoms with Gasteiger partial charge in [-0.1, -0.05) is 62.8 Å². The van der Waals surface area contributed by atoms with Gasteiger partial charge in [-0.25, -0.2) is 0 Å². The van der Waals surface area contributed by atoms with Gasteiger partial charge in [-0.2, -0.15) is 30.3 Å². The molecule has 0 amide bonds. The summed E-state index contributed by atoms with van der Waals surface area (Å²) in [6.45, 7) is 0. The minimum absolute atomic E-state index is 0. The largest absolute Gasteiger partial charge is 0.320 e. The second-order valence-corrected chi connectivity index (χ2v) is 13.6. The van der Waals surface area contributed by atoms with Gasteiger partial charge in [0.1, 0.15) is 0 Å². The monoisotopic (exact) mass is 686 g/mol. The number of aromatic nitrogens is 1. The van der Waals surface area contributed by atoms with Gasteiger partial charge in [0, 0.05) is 37.6 Å². The van der Waals surface area contributed by atoms with Crippen LogP contribution in [0, 0.1) is 12.1 Å². The number of pyridine rings is 1. The molecule has 2 saturated carbocycles. The maximum atomic E-state index is 14.1. The predicted molar refractivity (Wildman–Crippen MR) is 152 cm³/mol. The number of hydrogen-bond acceptors (Lipinski definition) is 2. The maximum Gasteiger partial charge on any atom is 0.0978 e. The Bertz CT molecular complexity index is 1250. The third-order valence-electron chi connectivity index (χ3n) is 7.94. The SMILES string of the molecule is O=P(c1[c-]cccc1)(C1CCCCC1)C1CCCCC1.[Ir].[c-]1ccccc1-c1nccc2ccccc12. The van der Waals surface area contributed by atoms with E-state index < -0.39 is 7.14 Å². The molecule has 2 nitrogen and oxygen atoms in total. The Kier molecular flexibility index (Phi) is 10.3. The van der Waals surface area contributed by atoms with Crippen LogP contribution in [-0.4, -0.2) is 16.3 Å². The summed E-state index contributed by atoms with van der Waals surface area (Å²) in [4.78, 5) is 4.45. The Balaban J connectivity index is 0.000000172. The first-order chi connectivity index (χ1) is 17.8. The van der Waals surface area contributed by atoms with Crippen molar-refractivity contribution in [3.8, 4) is 11.3 Å². The molecule has 2 aliphatic carbocycles. The van der Waals surface area contributed by atoms with E-state index in [-0.39, 0.29) is 20.1 Å². The van der Waals surface area contributed by atoms with Crippen molar-refractivity contribution >= 4 is 23.2 Å². The number of fused-ring (bicyclic) bond motifs is 1. The number of rotatable bonds is 4. The zero-order valence-corrected chi connectivity index (χ0v) is 24.7. The van der Waals surface area contributed by atoms with Crippen LogP contribution in [0.15, 0.2) is 85.1 Å². The summed E-state index contributed by atoms with van der Waals surface area (Å²) in [5.74, 6) is 0. The number of nitrogens with zero attached hydrogens (tertiary/aromatic N) is 1. The van der Waals surface area contributed by atoms with Crippen LogP contribution >= 0.6 is 7.14 Å². The van der Waals surface area contributed by atoms with Crippen LogP contribution in [0.1, 0.15) is 64.2 Å². The molecule has 37 heavy (non-hydrogen) atoms. The Hall–Kier alpha value is -2.05. The molecule has 0 bridgehead atoms. The summed E-state index contributed by atoms with van der Waals surface area (Å²) in [6.07, 6.45) is 14.3. The number of hydrogen-bond donors (Lipinski definition) is 0. The fraction of sp³-hybridized carbons (Fsp3) is 0.364. The van der Waals surface area contributed by atoms with Crippen molar-refractivity contribution < 1.29 is 24.7 Å². The van der Waals surface area contributed by atoms with Crippen molar-refractivity contribution in [2.45, 2.75) is 75.5 Å². The van der Waals surface area contributed by atoms with E-state index in [0.29, 0.717) is 11.3 Å². The summed E-state index contributed by atoms with van der Waals surface area (Å²) in [5.41, 5.74) is 2.92. The zero-order valence-electron chi connectivity index (χ0n) is 21.4. The Morgan fingerprint density at radius 1 is 0.676 bits per heavy atom. The van der Waals surface area contributed by atoms with E-state index >= 15 is 0 Å². The second kappa shape index (κ2) is 13.7. The fourth-order valence-corrected chi connectivity index (χ4v) is 10.3. The minimum Gasteiger partial charge on any atom is -0.320 e. The van der Waals surface area contributed by atoms with E-state index in [0.717, 1.165) is 16.6 Å². The molecule has 3 aromatic carbocycles. The first-order valence-electron chi connectivity index (χ1n) is 13.6. The van der Waals surface area contributed by atoms with Crippen molar-refractivity contribution in [3.05, 3.63) is 97.2 Å². The minimum atomic E-state index is -2.28. The smallest absolute Gasteiger partial charge is 0.0978 e. The van der Waals surface area contributed by atoms with Gasteiger partial charge in [-0.3, -0.25) is 0 Å². The van der Waals surface area contributed by atoms with Gasteiger partial charge in [0.15, 0.2) is 0 Å². The molecule has 4 heteroatoms. The molecular formula is C33H36IrNOP-2. The molecule has 1 radical (unpaired) electrons. The molecule has 0 unspecified atom stereocenters. The van der Waals surface area contributed by atoms with Crippen LogP contribution in [0.5, 0.6) is 0 Å². The van der Waals surface area contributed by atoms with Crippen molar-refractivity contribution in [2.24, 2.45) is 0 Å². The van der Waals surface area contributed by atoms with Gasteiger partial charge in [0.25, 0.3) is 0 Å². The normalized spacial score (nSPS) is 16.9. The first kappa shape index (κ1) is 28.0. The van der Waals surface area contributed by atoms with E-state index in [9.17, 15) is 4.57 Å². The molecule has 4 aromatic rings. The third-order valence-corrected chi connectivity index (χ3v) is 12.2. The summed E-state index contributed by atoms with van der Waals surface area (Å²) in [6, 6.07) is 32.9. The van der Waals surface area contributed by atoms with Crippen molar-refractivity contribution in [1.82, 2.24) is 4.98 Å². The topological polar surface area (TPSA) is 30.0 Å². The average molecular weight is 686 g/mol. The predicted octanol–water partition coefficient (Wildman–Crippen LogP) is 8.84. The Morgan fingerprint density at radius 2 is 1.27 bits per heavy atom. The molecule has 0 saturated heterocycles. The van der Waals surface area contributed by atoms with E-state index in [2.05, 4.69) is 35.3 Å². The van der Waals surface area contributed by atoms with Gasteiger partial charge >= 0.3 is 0 Å². The summed E-state index contributed by atoms with van der Waals surface area (Å²) < 4.78 is 14.1. The standard InChI is InChI=1S/C18H26OP.C15H10N.Ir/c19-20(16-10-4-1-5-11-16,17-12-6-2-7-13-17)18-14-8-3-9-15-18;1-2-7-13(8-3-1)15-14-9-5-4-6-12(14)10-11-16-15;/h1,4-5,10,17-18H,2-3,6-9,12-15H2;1-7,9-11H;/q2*-1;. The molecule has 6 rings (SSSR count). The molecule has 2 aliphatic rings. The van der Waals surface area contributed by atoms with E-state index in [1.54, 1.807) is 0 Å². The first-order valence-corrected chi connectivity index (χ1v) is 15.5. The quantitative estimate of drug-likeness (QED) is 0.159. The van der Waals surface area contributed by atoms with E-state index in [4.69, 9.17) is 0 Å². The molecule has 0 N–H and O–H groups in total. The molecule has 0 atom stereocenters. The molecule has 0 aliphatic heterocycles. The average Bonchev–Trinajstić information content (AvgIpc) is 2.98.